The van der Waals surface area contributed by atoms with E-state index in [0.717, 1.165) is 13.0 Å². The molecule has 2 atom stereocenters. The van der Waals surface area contributed by atoms with Crippen molar-refractivity contribution in [1.82, 2.24) is 14.9 Å². The Morgan fingerprint density at radius 1 is 1.40 bits per heavy atom. The quantitative estimate of drug-likeness (QED) is 0.470. The molecular formula is C14H22N6O5. The van der Waals surface area contributed by atoms with Crippen LogP contribution in [0, 0.1) is 11.3 Å². The number of aliphatic hydroxyl groups is 1. The molecular weight excluding hydrogens is 332 g/mol. The number of hydrogen-bond acceptors (Lipinski definition) is 9. The largest absolute Gasteiger partial charge is 0.483 e. The minimum absolute atomic E-state index is 0.145. The van der Waals surface area contributed by atoms with E-state index >= 15 is 0 Å². The molecule has 0 bridgehead atoms. The van der Waals surface area contributed by atoms with Crippen LogP contribution in [0.2, 0.25) is 0 Å². The molecule has 0 aromatic carbocycles. The van der Waals surface area contributed by atoms with E-state index in [1.165, 1.54) is 6.20 Å². The van der Waals surface area contributed by atoms with E-state index < -0.39 is 6.10 Å². The highest BCUT2D eigenvalue weighted by atomic mass is 16.3. The molecule has 25 heavy (non-hydrogen) atoms. The second kappa shape index (κ2) is 11.5. The van der Waals surface area contributed by atoms with E-state index in [1.54, 1.807) is 0 Å². The summed E-state index contributed by atoms with van der Waals surface area (Å²) in [4.78, 5) is 28.9. The first-order valence-electron chi connectivity index (χ1n) is 7.13. The Morgan fingerprint density at radius 2 is 1.96 bits per heavy atom. The molecule has 0 unspecified atom stereocenters. The molecule has 2 heterocycles. The number of nitrogen functional groups attached to an aromatic ring is 1. The Balaban J connectivity index is 0.000000844. The van der Waals surface area contributed by atoms with E-state index in [0.29, 0.717) is 12.5 Å². The number of carboxylic acid groups (broad SMARTS) is 2. The lowest BCUT2D eigenvalue weighted by Crippen LogP contribution is -2.52. The highest BCUT2D eigenvalue weighted by Gasteiger charge is 2.30. The van der Waals surface area contributed by atoms with E-state index in [9.17, 15) is 5.11 Å². The highest BCUT2D eigenvalue weighted by molar-refractivity contribution is 5.50. The third kappa shape index (κ3) is 6.98. The zero-order valence-corrected chi connectivity index (χ0v) is 14.0. The molecule has 2 rings (SSSR count). The van der Waals surface area contributed by atoms with Gasteiger partial charge in [-0.25, -0.2) is 4.98 Å². The number of likely N-dealkylation sites (N-methyl/N-ethyl adjacent to an activating group) is 1. The van der Waals surface area contributed by atoms with Gasteiger partial charge >= 0.3 is 0 Å². The summed E-state index contributed by atoms with van der Waals surface area (Å²) in [5.74, 6) is 0.643. The van der Waals surface area contributed by atoms with Crippen molar-refractivity contribution in [3.63, 3.8) is 0 Å². The maximum absolute atomic E-state index is 10.1. The first-order valence-corrected chi connectivity index (χ1v) is 7.13. The Labute approximate surface area is 144 Å². The van der Waals surface area contributed by atoms with Crippen molar-refractivity contribution in [3.05, 3.63) is 11.8 Å². The van der Waals surface area contributed by atoms with Crippen molar-refractivity contribution in [2.75, 3.05) is 37.8 Å². The smallest absolute Gasteiger partial charge is 0.290 e. The highest BCUT2D eigenvalue weighted by Crippen LogP contribution is 2.20. The number of piperidine rings is 1. The van der Waals surface area contributed by atoms with Crippen LogP contribution >= 0.6 is 0 Å². The third-order valence-corrected chi connectivity index (χ3v) is 3.42. The van der Waals surface area contributed by atoms with E-state index in [4.69, 9.17) is 30.8 Å². The van der Waals surface area contributed by atoms with E-state index in [-0.39, 0.29) is 30.4 Å². The van der Waals surface area contributed by atoms with Gasteiger partial charge in [0.1, 0.15) is 17.5 Å². The van der Waals surface area contributed by atoms with Gasteiger partial charge in [0.15, 0.2) is 0 Å². The predicted octanol–water partition coefficient (Wildman–Crippen LogP) is -1.17. The van der Waals surface area contributed by atoms with Crippen LogP contribution in [0.15, 0.2) is 6.20 Å². The van der Waals surface area contributed by atoms with Crippen molar-refractivity contribution in [1.29, 1.82) is 5.26 Å². The van der Waals surface area contributed by atoms with Crippen LogP contribution in [-0.2, 0) is 9.59 Å². The molecule has 1 fully saturated rings. The molecule has 1 aromatic rings. The van der Waals surface area contributed by atoms with E-state index in [1.807, 2.05) is 30.0 Å². The lowest BCUT2D eigenvalue weighted by molar-refractivity contribution is -0.123. The summed E-state index contributed by atoms with van der Waals surface area (Å²) in [7, 11) is 3.92. The lowest BCUT2D eigenvalue weighted by Gasteiger charge is -2.38. The second-order valence-corrected chi connectivity index (χ2v) is 5.12. The molecule has 0 amide bonds. The van der Waals surface area contributed by atoms with Gasteiger partial charge in [-0.3, -0.25) is 9.59 Å². The van der Waals surface area contributed by atoms with Crippen LogP contribution in [0.3, 0.4) is 0 Å². The summed E-state index contributed by atoms with van der Waals surface area (Å²) < 4.78 is 0. The monoisotopic (exact) mass is 354 g/mol. The summed E-state index contributed by atoms with van der Waals surface area (Å²) in [6.45, 7) is 0.722. The molecule has 11 heteroatoms. The maximum atomic E-state index is 10.1. The summed E-state index contributed by atoms with van der Waals surface area (Å²) >= 11 is 0. The van der Waals surface area contributed by atoms with E-state index in [2.05, 4.69) is 9.97 Å². The number of β-amino-alcohol motifs (C(OH)–C–C–N with tert-alkyl or cyclic N) is 1. The molecule has 0 aliphatic carbocycles. The van der Waals surface area contributed by atoms with Crippen LogP contribution < -0.4 is 10.6 Å². The van der Waals surface area contributed by atoms with Crippen molar-refractivity contribution in [2.24, 2.45) is 0 Å². The molecule has 1 aliphatic rings. The van der Waals surface area contributed by atoms with Gasteiger partial charge in [0.25, 0.3) is 12.9 Å². The predicted molar refractivity (Wildman–Crippen MR) is 88.9 cm³/mol. The lowest BCUT2D eigenvalue weighted by atomic mass is 10.0. The molecule has 0 saturated carbocycles. The van der Waals surface area contributed by atoms with Crippen LogP contribution in [0.1, 0.15) is 12.0 Å². The zero-order chi connectivity index (χ0) is 19.4. The van der Waals surface area contributed by atoms with Gasteiger partial charge in [-0.15, -0.1) is 0 Å². The fraction of sp³-hybridized carbons (Fsp3) is 0.500. The van der Waals surface area contributed by atoms with Gasteiger partial charge in [-0.2, -0.15) is 10.2 Å². The van der Waals surface area contributed by atoms with Crippen molar-refractivity contribution in [3.8, 4) is 6.07 Å². The van der Waals surface area contributed by atoms with Crippen LogP contribution in [0.25, 0.3) is 0 Å². The standard InChI is InChI=1S/C12H18N6O.2CH2O2/c1-17(2)9-3-4-18(7-10(9)19)12-15-6-8(5-13)11(14)16-12;2*2-1-3/h6,9-10,19H,3-4,7H2,1-2H3,(H2,14,15,16);2*1H,(H,2,3)/t9-,10-;;/m0../s1. The van der Waals surface area contributed by atoms with Crippen LogP contribution in [0.4, 0.5) is 11.8 Å². The average Bonchev–Trinajstić information content (AvgIpc) is 2.55. The van der Waals surface area contributed by atoms with Gasteiger partial charge < -0.3 is 30.9 Å². The normalized spacial score (nSPS) is 18.8. The molecule has 1 saturated heterocycles. The number of hydrogen-bond donors (Lipinski definition) is 4. The zero-order valence-electron chi connectivity index (χ0n) is 14.0. The summed E-state index contributed by atoms with van der Waals surface area (Å²) in [6, 6.07) is 2.08. The minimum atomic E-state index is -0.454. The number of carbonyl (C=O) groups is 2. The number of nitrogens with zero attached hydrogens (tertiary/aromatic N) is 5. The third-order valence-electron chi connectivity index (χ3n) is 3.42. The Morgan fingerprint density at radius 3 is 2.36 bits per heavy atom. The number of nitriles is 1. The number of nitrogens with two attached hydrogens (primary N) is 1. The van der Waals surface area contributed by atoms with Crippen molar-refractivity contribution < 1.29 is 24.9 Å². The fourth-order valence-electron chi connectivity index (χ4n) is 2.33. The molecule has 0 radical (unpaired) electrons. The van der Waals surface area contributed by atoms with Crippen molar-refractivity contribution in [2.45, 2.75) is 18.6 Å². The molecule has 11 nitrogen and oxygen atoms in total. The Kier molecular flexibility index (Phi) is 10.2. The second-order valence-electron chi connectivity index (χ2n) is 5.12. The number of aromatic nitrogens is 2. The first kappa shape index (κ1) is 22.0. The fourth-order valence-corrected chi connectivity index (χ4v) is 2.33. The number of anilines is 2. The Bertz CT molecular complexity index is 586. The molecule has 1 aromatic heterocycles. The van der Waals surface area contributed by atoms with Gasteiger partial charge in [0.2, 0.25) is 5.95 Å². The molecule has 138 valence electrons. The number of aliphatic hydroxyl groups excluding tert-OH is 1. The SMILES string of the molecule is CN(C)[C@H]1CCN(c2ncc(C#N)c(N)n2)C[C@@H]1O.O=CO.O=CO. The molecule has 0 spiro atoms. The summed E-state index contributed by atoms with van der Waals surface area (Å²) in [5.41, 5.74) is 5.95. The first-order chi connectivity index (χ1) is 11.9. The Hall–Kier alpha value is -2.97. The molecule has 1 aliphatic heterocycles. The topological polar surface area (TPSA) is 177 Å². The van der Waals surface area contributed by atoms with Gasteiger partial charge in [-0.05, 0) is 20.5 Å². The van der Waals surface area contributed by atoms with Crippen LogP contribution in [-0.4, -0.2) is 82.5 Å². The maximum Gasteiger partial charge on any atom is 0.290 e. The van der Waals surface area contributed by atoms with Gasteiger partial charge in [0.05, 0.1) is 12.3 Å². The summed E-state index contributed by atoms with van der Waals surface area (Å²) in [5, 5.41) is 32.7. The van der Waals surface area contributed by atoms with Gasteiger partial charge in [0, 0.05) is 19.1 Å². The van der Waals surface area contributed by atoms with Gasteiger partial charge in [-0.1, -0.05) is 0 Å². The molecule has 5 N–H and O–H groups in total. The van der Waals surface area contributed by atoms with Crippen LogP contribution in [0.5, 0.6) is 0 Å². The number of rotatable bonds is 2. The summed E-state index contributed by atoms with van der Waals surface area (Å²) in [6.07, 6.45) is 1.80. The minimum Gasteiger partial charge on any atom is -0.483 e. The van der Waals surface area contributed by atoms with Crippen molar-refractivity contribution >= 4 is 24.7 Å². The average molecular weight is 354 g/mol.